The van der Waals surface area contributed by atoms with Crippen molar-refractivity contribution in [3.8, 4) is 0 Å². The standard InChI is InChI=1S/C14H13N3O/c1-16-7-8-17-10-12(15-13(18)14(16)17)9-11-5-3-2-4-6-11/h2-8,10H,9H2,1H3/p+1. The molecule has 0 aliphatic carbocycles. The maximum absolute atomic E-state index is 12.0. The van der Waals surface area contributed by atoms with E-state index >= 15 is 0 Å². The van der Waals surface area contributed by atoms with Gasteiger partial charge in [0.05, 0.1) is 12.7 Å². The van der Waals surface area contributed by atoms with E-state index in [0.29, 0.717) is 5.65 Å². The van der Waals surface area contributed by atoms with Crippen molar-refractivity contribution >= 4 is 5.65 Å². The predicted molar refractivity (Wildman–Crippen MR) is 68.4 cm³/mol. The van der Waals surface area contributed by atoms with E-state index < -0.39 is 0 Å². The highest BCUT2D eigenvalue weighted by Crippen LogP contribution is 2.05. The molecule has 0 aliphatic rings. The van der Waals surface area contributed by atoms with Crippen LogP contribution < -0.4 is 10.1 Å². The second-order valence-electron chi connectivity index (χ2n) is 4.41. The molecule has 0 saturated carbocycles. The molecule has 18 heavy (non-hydrogen) atoms. The number of hydrogen-bond acceptors (Lipinski definition) is 1. The van der Waals surface area contributed by atoms with Crippen molar-refractivity contribution in [2.45, 2.75) is 6.42 Å². The van der Waals surface area contributed by atoms with Crippen LogP contribution in [-0.2, 0) is 13.5 Å². The first-order chi connectivity index (χ1) is 8.74. The minimum absolute atomic E-state index is 0.0593. The van der Waals surface area contributed by atoms with Gasteiger partial charge in [0.2, 0.25) is 0 Å². The number of aryl methyl sites for hydroxylation is 1. The first-order valence-electron chi connectivity index (χ1n) is 5.86. The number of aromatic nitrogens is 3. The number of imidazole rings is 1. The number of benzene rings is 1. The van der Waals surface area contributed by atoms with Gasteiger partial charge in [-0.3, -0.25) is 4.79 Å². The van der Waals surface area contributed by atoms with Crippen molar-refractivity contribution in [2.24, 2.45) is 7.05 Å². The largest absolute Gasteiger partial charge is 0.352 e. The maximum Gasteiger partial charge on any atom is 0.352 e. The molecule has 0 amide bonds. The molecule has 0 radical (unpaired) electrons. The summed E-state index contributed by atoms with van der Waals surface area (Å²) in [4.78, 5) is 14.9. The van der Waals surface area contributed by atoms with Gasteiger partial charge in [-0.2, -0.15) is 4.40 Å². The Balaban J connectivity index is 2.06. The average Bonchev–Trinajstić information content (AvgIpc) is 2.72. The van der Waals surface area contributed by atoms with E-state index in [-0.39, 0.29) is 5.56 Å². The van der Waals surface area contributed by atoms with E-state index in [1.165, 1.54) is 5.56 Å². The molecule has 1 aromatic carbocycles. The third kappa shape index (κ3) is 1.82. The summed E-state index contributed by atoms with van der Waals surface area (Å²) in [5.41, 5.74) is 2.68. The lowest BCUT2D eigenvalue weighted by Crippen LogP contribution is -2.32. The van der Waals surface area contributed by atoms with Crippen LogP contribution in [0.2, 0.25) is 0 Å². The van der Waals surface area contributed by atoms with Gasteiger partial charge < -0.3 is 4.98 Å². The van der Waals surface area contributed by atoms with Gasteiger partial charge >= 0.3 is 11.2 Å². The number of nitrogens with zero attached hydrogens (tertiary/aromatic N) is 2. The summed E-state index contributed by atoms with van der Waals surface area (Å²) in [6.07, 6.45) is 6.45. The minimum atomic E-state index is -0.0593. The van der Waals surface area contributed by atoms with E-state index in [1.807, 2.05) is 52.8 Å². The van der Waals surface area contributed by atoms with E-state index in [2.05, 4.69) is 17.1 Å². The van der Waals surface area contributed by atoms with Crippen LogP contribution in [0.5, 0.6) is 0 Å². The number of rotatable bonds is 2. The van der Waals surface area contributed by atoms with Crippen LogP contribution in [0.4, 0.5) is 0 Å². The molecule has 3 aromatic rings. The summed E-state index contributed by atoms with van der Waals surface area (Å²) in [7, 11) is 1.86. The van der Waals surface area contributed by atoms with Crippen molar-refractivity contribution < 1.29 is 4.57 Å². The van der Waals surface area contributed by atoms with Gasteiger partial charge in [-0.25, -0.2) is 4.57 Å². The Morgan fingerprint density at radius 1 is 1.28 bits per heavy atom. The number of hydrogen-bond donors (Lipinski definition) is 1. The zero-order valence-corrected chi connectivity index (χ0v) is 10.1. The molecule has 0 atom stereocenters. The Kier molecular flexibility index (Phi) is 2.48. The van der Waals surface area contributed by atoms with Gasteiger partial charge in [0, 0.05) is 6.42 Å². The summed E-state index contributed by atoms with van der Waals surface area (Å²) in [6, 6.07) is 10.1. The quantitative estimate of drug-likeness (QED) is 0.668. The number of fused-ring (bicyclic) bond motifs is 1. The van der Waals surface area contributed by atoms with Crippen LogP contribution in [-0.4, -0.2) is 9.38 Å². The molecular formula is C14H14N3O+. The molecule has 3 rings (SSSR count). The van der Waals surface area contributed by atoms with Crippen LogP contribution in [0, 0.1) is 0 Å². The van der Waals surface area contributed by atoms with Crippen LogP contribution in [0.25, 0.3) is 5.65 Å². The van der Waals surface area contributed by atoms with Crippen LogP contribution in [0.3, 0.4) is 0 Å². The van der Waals surface area contributed by atoms with Crippen molar-refractivity contribution in [1.29, 1.82) is 0 Å². The predicted octanol–water partition coefficient (Wildman–Crippen LogP) is 1.04. The van der Waals surface area contributed by atoms with Crippen LogP contribution >= 0.6 is 0 Å². The molecule has 0 bridgehead atoms. The van der Waals surface area contributed by atoms with Gasteiger partial charge in [0.1, 0.15) is 18.6 Å². The lowest BCUT2D eigenvalue weighted by Gasteiger charge is -2.00. The van der Waals surface area contributed by atoms with Crippen molar-refractivity contribution in [3.05, 3.63) is 70.5 Å². The average molecular weight is 240 g/mol. The fraction of sp³-hybridized carbons (Fsp3) is 0.143. The van der Waals surface area contributed by atoms with Gasteiger partial charge in [-0.15, -0.1) is 0 Å². The molecule has 1 N–H and O–H groups in total. The lowest BCUT2D eigenvalue weighted by atomic mass is 10.1. The molecule has 0 spiro atoms. The summed E-state index contributed by atoms with van der Waals surface area (Å²) in [5, 5.41) is 0. The van der Waals surface area contributed by atoms with Crippen LogP contribution in [0.15, 0.2) is 53.7 Å². The Bertz CT molecular complexity index is 741. The Morgan fingerprint density at radius 2 is 2.06 bits per heavy atom. The minimum Gasteiger partial charge on any atom is -0.315 e. The molecule has 0 saturated heterocycles. The van der Waals surface area contributed by atoms with Gasteiger partial charge in [0.15, 0.2) is 0 Å². The highest BCUT2D eigenvalue weighted by molar-refractivity contribution is 5.30. The molecular weight excluding hydrogens is 226 g/mol. The van der Waals surface area contributed by atoms with Crippen LogP contribution in [0.1, 0.15) is 11.3 Å². The third-order valence-corrected chi connectivity index (χ3v) is 3.04. The normalized spacial score (nSPS) is 10.9. The summed E-state index contributed by atoms with van der Waals surface area (Å²) >= 11 is 0. The highest BCUT2D eigenvalue weighted by atomic mass is 16.1. The Morgan fingerprint density at radius 3 is 2.83 bits per heavy atom. The SMILES string of the molecule is C[n+]1ccn2cc(Cc3ccccc3)[nH]c(=O)c21. The smallest absolute Gasteiger partial charge is 0.315 e. The van der Waals surface area contributed by atoms with E-state index in [9.17, 15) is 4.79 Å². The van der Waals surface area contributed by atoms with Crippen molar-refractivity contribution in [3.63, 3.8) is 0 Å². The second kappa shape index (κ2) is 4.14. The van der Waals surface area contributed by atoms with Crippen molar-refractivity contribution in [1.82, 2.24) is 9.38 Å². The molecule has 4 heteroatoms. The highest BCUT2D eigenvalue weighted by Gasteiger charge is 2.12. The van der Waals surface area contributed by atoms with Crippen molar-refractivity contribution in [2.75, 3.05) is 0 Å². The molecule has 0 fully saturated rings. The van der Waals surface area contributed by atoms with E-state index in [0.717, 1.165) is 12.1 Å². The van der Waals surface area contributed by atoms with Gasteiger partial charge in [-0.1, -0.05) is 30.3 Å². The monoisotopic (exact) mass is 240 g/mol. The van der Waals surface area contributed by atoms with Gasteiger partial charge in [0.25, 0.3) is 0 Å². The number of aromatic amines is 1. The molecule has 2 heterocycles. The third-order valence-electron chi connectivity index (χ3n) is 3.04. The number of nitrogens with one attached hydrogen (secondary N) is 1. The molecule has 90 valence electrons. The van der Waals surface area contributed by atoms with E-state index in [1.54, 1.807) is 0 Å². The molecule has 4 nitrogen and oxygen atoms in total. The molecule has 2 aromatic heterocycles. The fourth-order valence-corrected chi connectivity index (χ4v) is 2.18. The fourth-order valence-electron chi connectivity index (χ4n) is 2.18. The van der Waals surface area contributed by atoms with Gasteiger partial charge in [-0.05, 0) is 5.56 Å². The zero-order valence-electron chi connectivity index (χ0n) is 10.1. The number of H-pyrrole nitrogens is 1. The first kappa shape index (κ1) is 10.8. The van der Waals surface area contributed by atoms with E-state index in [4.69, 9.17) is 0 Å². The lowest BCUT2D eigenvalue weighted by molar-refractivity contribution is -0.645. The Hall–Kier alpha value is -2.36. The second-order valence-corrected chi connectivity index (χ2v) is 4.41. The zero-order chi connectivity index (χ0) is 12.5. The Labute approximate surface area is 104 Å². The maximum atomic E-state index is 12.0. The topological polar surface area (TPSA) is 41.1 Å². The molecule has 0 aliphatic heterocycles. The first-order valence-corrected chi connectivity index (χ1v) is 5.86. The summed E-state index contributed by atoms with van der Waals surface area (Å²) in [5.74, 6) is 0. The summed E-state index contributed by atoms with van der Waals surface area (Å²) in [6.45, 7) is 0. The summed E-state index contributed by atoms with van der Waals surface area (Å²) < 4.78 is 3.67. The molecule has 0 unspecified atom stereocenters.